The van der Waals surface area contributed by atoms with Crippen molar-refractivity contribution in [1.29, 1.82) is 0 Å². The van der Waals surface area contributed by atoms with Crippen LogP contribution in [0.4, 0.5) is 0 Å². The first-order valence-corrected chi connectivity index (χ1v) is 5.98. The van der Waals surface area contributed by atoms with Crippen LogP contribution >= 0.6 is 11.8 Å². The molecule has 1 heterocycles. The van der Waals surface area contributed by atoms with Crippen molar-refractivity contribution in [2.45, 2.75) is 25.2 Å². The average Bonchev–Trinajstić information content (AvgIpc) is 2.28. The molecule has 1 rings (SSSR count). The van der Waals surface area contributed by atoms with Crippen molar-refractivity contribution in [3.63, 3.8) is 0 Å². The number of hydrogen-bond donors (Lipinski definition) is 1. The molecule has 0 aliphatic rings. The summed E-state index contributed by atoms with van der Waals surface area (Å²) < 4.78 is 0. The zero-order valence-corrected chi connectivity index (χ0v) is 10.0. The molecule has 0 bridgehead atoms. The van der Waals surface area contributed by atoms with Gasteiger partial charge in [-0.25, -0.2) is 4.79 Å². The fourth-order valence-corrected chi connectivity index (χ4v) is 2.03. The Morgan fingerprint density at radius 3 is 2.62 bits per heavy atom. The third-order valence-corrected chi connectivity index (χ3v) is 2.90. The van der Waals surface area contributed by atoms with Crippen LogP contribution in [0.1, 0.15) is 41.1 Å². The number of carboxylic acids is 1. The Kier molecular flexibility index (Phi) is 4.49. The van der Waals surface area contributed by atoms with Crippen LogP contribution in [0, 0.1) is 0 Å². The molecular formula is C11H13NO3S. The normalized spacial score (nSPS) is 10.1. The summed E-state index contributed by atoms with van der Waals surface area (Å²) in [5.41, 5.74) is 0.489. The summed E-state index contributed by atoms with van der Waals surface area (Å²) in [6, 6.07) is 1.51. The van der Waals surface area contributed by atoms with Gasteiger partial charge in [-0.2, -0.15) is 0 Å². The summed E-state index contributed by atoms with van der Waals surface area (Å²) in [6.45, 7) is 3.70. The van der Waals surface area contributed by atoms with Gasteiger partial charge >= 0.3 is 5.97 Å². The predicted octanol–water partition coefficient (Wildman–Crippen LogP) is 2.48. The highest BCUT2D eigenvalue weighted by atomic mass is 32.2. The van der Waals surface area contributed by atoms with Crippen molar-refractivity contribution in [2.24, 2.45) is 0 Å². The highest BCUT2D eigenvalue weighted by Gasteiger charge is 2.14. The van der Waals surface area contributed by atoms with Crippen molar-refractivity contribution in [3.05, 3.63) is 23.5 Å². The monoisotopic (exact) mass is 239 g/mol. The third kappa shape index (κ3) is 2.82. The van der Waals surface area contributed by atoms with Crippen molar-refractivity contribution >= 4 is 23.5 Å². The number of Topliss-reactive ketones (excluding diaryl/α,β-unsaturated/α-hetero) is 1. The molecule has 0 atom stereocenters. The highest BCUT2D eigenvalue weighted by Crippen LogP contribution is 2.23. The molecule has 0 saturated carbocycles. The lowest BCUT2D eigenvalue weighted by atomic mass is 10.2. The molecule has 0 saturated heterocycles. The Morgan fingerprint density at radius 1 is 1.44 bits per heavy atom. The van der Waals surface area contributed by atoms with E-state index < -0.39 is 5.97 Å². The number of rotatable bonds is 5. The molecule has 1 aromatic heterocycles. The lowest BCUT2D eigenvalue weighted by molar-refractivity contribution is 0.0695. The van der Waals surface area contributed by atoms with E-state index in [1.54, 1.807) is 6.92 Å². The van der Waals surface area contributed by atoms with E-state index in [0.29, 0.717) is 17.0 Å². The second-order valence-electron chi connectivity index (χ2n) is 3.09. The van der Waals surface area contributed by atoms with E-state index in [9.17, 15) is 9.59 Å². The van der Waals surface area contributed by atoms with Gasteiger partial charge in [0.25, 0.3) is 0 Å². The maximum absolute atomic E-state index is 11.6. The van der Waals surface area contributed by atoms with Crippen molar-refractivity contribution in [3.8, 4) is 0 Å². The van der Waals surface area contributed by atoms with Gasteiger partial charge in [-0.3, -0.25) is 9.78 Å². The van der Waals surface area contributed by atoms with Crippen LogP contribution in [-0.2, 0) is 0 Å². The molecule has 0 amide bonds. The molecule has 0 spiro atoms. The first-order valence-electron chi connectivity index (χ1n) is 4.99. The Labute approximate surface area is 98.1 Å². The molecule has 16 heavy (non-hydrogen) atoms. The minimum Gasteiger partial charge on any atom is -0.478 e. The molecule has 1 aromatic rings. The van der Waals surface area contributed by atoms with E-state index in [4.69, 9.17) is 5.11 Å². The maximum Gasteiger partial charge on any atom is 0.337 e. The van der Waals surface area contributed by atoms with E-state index in [1.165, 1.54) is 24.0 Å². The number of hydrogen-bond acceptors (Lipinski definition) is 4. The van der Waals surface area contributed by atoms with E-state index in [2.05, 4.69) is 4.98 Å². The van der Waals surface area contributed by atoms with E-state index in [1.807, 2.05) is 6.92 Å². The number of nitrogens with zero attached hydrogens (tertiary/aromatic N) is 1. The predicted molar refractivity (Wildman–Crippen MR) is 62.2 cm³/mol. The van der Waals surface area contributed by atoms with Crippen LogP contribution in [0.25, 0.3) is 0 Å². The Balaban J connectivity index is 3.18. The van der Waals surface area contributed by atoms with Gasteiger partial charge in [0.1, 0.15) is 5.69 Å². The van der Waals surface area contributed by atoms with E-state index >= 15 is 0 Å². The molecule has 4 nitrogen and oxygen atoms in total. The average molecular weight is 239 g/mol. The smallest absolute Gasteiger partial charge is 0.337 e. The van der Waals surface area contributed by atoms with E-state index in [0.717, 1.165) is 5.75 Å². The van der Waals surface area contributed by atoms with Crippen LogP contribution in [0.2, 0.25) is 0 Å². The molecule has 0 aliphatic heterocycles. The van der Waals surface area contributed by atoms with Crippen LogP contribution in [0.15, 0.2) is 17.2 Å². The van der Waals surface area contributed by atoms with Crippen LogP contribution in [0.5, 0.6) is 0 Å². The van der Waals surface area contributed by atoms with Gasteiger partial charge in [0.2, 0.25) is 0 Å². The van der Waals surface area contributed by atoms with E-state index in [-0.39, 0.29) is 11.3 Å². The number of pyridine rings is 1. The molecule has 0 radical (unpaired) electrons. The minimum atomic E-state index is -1.03. The van der Waals surface area contributed by atoms with Crippen molar-refractivity contribution in [2.75, 3.05) is 5.75 Å². The highest BCUT2D eigenvalue weighted by molar-refractivity contribution is 7.99. The first-order chi connectivity index (χ1) is 7.60. The standard InChI is InChI=1S/C11H13NO3S/c1-3-8(13)10-9(16-4-2)5-7(6-12-10)11(14)15/h5-6H,3-4H2,1-2H3,(H,14,15). The number of carbonyl (C=O) groups excluding carboxylic acids is 1. The molecular weight excluding hydrogens is 226 g/mol. The van der Waals surface area contributed by atoms with Crippen LogP contribution in [0.3, 0.4) is 0 Å². The Bertz CT molecular complexity index is 418. The minimum absolute atomic E-state index is 0.0621. The van der Waals surface area contributed by atoms with Crippen molar-refractivity contribution < 1.29 is 14.7 Å². The number of aromatic carboxylic acids is 1. The first kappa shape index (κ1) is 12.7. The number of ketones is 1. The Morgan fingerprint density at radius 2 is 2.12 bits per heavy atom. The lowest BCUT2D eigenvalue weighted by Gasteiger charge is -2.06. The lowest BCUT2D eigenvalue weighted by Crippen LogP contribution is -2.06. The number of aromatic nitrogens is 1. The largest absolute Gasteiger partial charge is 0.478 e. The molecule has 0 aromatic carbocycles. The summed E-state index contributed by atoms with van der Waals surface area (Å²) in [4.78, 5) is 26.9. The molecule has 0 unspecified atom stereocenters. The summed E-state index contributed by atoms with van der Waals surface area (Å²) in [7, 11) is 0. The van der Waals surface area contributed by atoms with Gasteiger partial charge in [0, 0.05) is 17.5 Å². The van der Waals surface area contributed by atoms with Gasteiger partial charge in [0.15, 0.2) is 5.78 Å². The molecule has 86 valence electrons. The quantitative estimate of drug-likeness (QED) is 0.631. The number of thioether (sulfide) groups is 1. The van der Waals surface area contributed by atoms with Crippen molar-refractivity contribution in [1.82, 2.24) is 4.98 Å². The zero-order chi connectivity index (χ0) is 12.1. The van der Waals surface area contributed by atoms with Gasteiger partial charge < -0.3 is 5.11 Å². The SMILES string of the molecule is CCSc1cc(C(=O)O)cnc1C(=O)CC. The fourth-order valence-electron chi connectivity index (χ4n) is 1.20. The summed E-state index contributed by atoms with van der Waals surface area (Å²) in [5.74, 6) is -0.316. The maximum atomic E-state index is 11.6. The van der Waals surface area contributed by atoms with Crippen LogP contribution in [-0.4, -0.2) is 27.6 Å². The zero-order valence-electron chi connectivity index (χ0n) is 9.19. The molecule has 1 N–H and O–H groups in total. The topological polar surface area (TPSA) is 67.3 Å². The second kappa shape index (κ2) is 5.65. The molecule has 0 aliphatic carbocycles. The Hall–Kier alpha value is -1.36. The summed E-state index contributed by atoms with van der Waals surface area (Å²) in [5, 5.41) is 8.83. The fraction of sp³-hybridized carbons (Fsp3) is 0.364. The molecule has 0 fully saturated rings. The third-order valence-electron chi connectivity index (χ3n) is 1.98. The summed E-state index contributed by atoms with van der Waals surface area (Å²) in [6.07, 6.45) is 1.60. The number of carbonyl (C=O) groups is 2. The van der Waals surface area contributed by atoms with Crippen LogP contribution < -0.4 is 0 Å². The van der Waals surface area contributed by atoms with Gasteiger partial charge in [-0.05, 0) is 11.8 Å². The number of carboxylic acid groups (broad SMARTS) is 1. The second-order valence-corrected chi connectivity index (χ2v) is 4.39. The van der Waals surface area contributed by atoms with Gasteiger partial charge in [0.05, 0.1) is 5.56 Å². The molecule has 5 heteroatoms. The van der Waals surface area contributed by atoms with Gasteiger partial charge in [-0.15, -0.1) is 11.8 Å². The summed E-state index contributed by atoms with van der Waals surface area (Å²) >= 11 is 1.43. The van der Waals surface area contributed by atoms with Gasteiger partial charge in [-0.1, -0.05) is 13.8 Å².